The normalized spacial score (nSPS) is 10.0. The molecule has 2 aromatic carbocycles. The van der Waals surface area contributed by atoms with Gasteiger partial charge in [-0.1, -0.05) is 42.5 Å². The lowest BCUT2D eigenvalue weighted by Gasteiger charge is -2.02. The lowest BCUT2D eigenvalue weighted by Crippen LogP contribution is -2.10. The van der Waals surface area contributed by atoms with Gasteiger partial charge in [0.2, 0.25) is 0 Å². The monoisotopic (exact) mass is 242 g/mol. The standard InChI is InChI=1S/C14H10O4/c15-13(16)12(14(17)18)8-10-6-3-5-9-4-1-2-7-11(9)10/h1-8H,(H,15,16)(H,17,18). The summed E-state index contributed by atoms with van der Waals surface area (Å²) < 4.78 is 0. The van der Waals surface area contributed by atoms with E-state index in [-0.39, 0.29) is 0 Å². The molecule has 18 heavy (non-hydrogen) atoms. The van der Waals surface area contributed by atoms with Crippen LogP contribution in [0.15, 0.2) is 48.0 Å². The van der Waals surface area contributed by atoms with E-state index in [1.54, 1.807) is 12.1 Å². The van der Waals surface area contributed by atoms with Crippen molar-refractivity contribution in [2.75, 3.05) is 0 Å². The Hall–Kier alpha value is -2.62. The Morgan fingerprint density at radius 1 is 0.889 bits per heavy atom. The van der Waals surface area contributed by atoms with Gasteiger partial charge in [-0.3, -0.25) is 0 Å². The summed E-state index contributed by atoms with van der Waals surface area (Å²) in [5.41, 5.74) is -0.0701. The van der Waals surface area contributed by atoms with Crippen molar-refractivity contribution in [3.63, 3.8) is 0 Å². The average Bonchev–Trinajstić information content (AvgIpc) is 2.35. The van der Waals surface area contributed by atoms with Crippen molar-refractivity contribution in [2.24, 2.45) is 0 Å². The molecule has 0 unspecified atom stereocenters. The molecule has 0 atom stereocenters. The minimum absolute atomic E-state index is 0.577. The second kappa shape index (κ2) is 4.71. The van der Waals surface area contributed by atoms with E-state index in [9.17, 15) is 9.59 Å². The number of fused-ring (bicyclic) bond motifs is 1. The number of hydrogen-bond donors (Lipinski definition) is 2. The summed E-state index contributed by atoms with van der Waals surface area (Å²) in [6.45, 7) is 0. The van der Waals surface area contributed by atoms with Gasteiger partial charge in [-0.2, -0.15) is 0 Å². The smallest absolute Gasteiger partial charge is 0.343 e. The molecule has 0 fully saturated rings. The first kappa shape index (κ1) is 11.9. The van der Waals surface area contributed by atoms with Crippen LogP contribution in [0, 0.1) is 0 Å². The van der Waals surface area contributed by atoms with E-state index in [0.717, 1.165) is 10.8 Å². The van der Waals surface area contributed by atoms with Crippen LogP contribution < -0.4 is 0 Å². The highest BCUT2D eigenvalue weighted by Gasteiger charge is 2.16. The highest BCUT2D eigenvalue weighted by Crippen LogP contribution is 2.20. The van der Waals surface area contributed by atoms with Crippen LogP contribution in [0.3, 0.4) is 0 Å². The molecular formula is C14H10O4. The summed E-state index contributed by atoms with van der Waals surface area (Å²) in [7, 11) is 0. The van der Waals surface area contributed by atoms with Gasteiger partial charge < -0.3 is 10.2 Å². The van der Waals surface area contributed by atoms with Crippen molar-refractivity contribution in [1.82, 2.24) is 0 Å². The molecule has 0 aromatic heterocycles. The summed E-state index contributed by atoms with van der Waals surface area (Å²) in [5, 5.41) is 19.4. The summed E-state index contributed by atoms with van der Waals surface area (Å²) in [5.74, 6) is -2.90. The third-order valence-electron chi connectivity index (χ3n) is 2.58. The molecule has 2 aromatic rings. The van der Waals surface area contributed by atoms with Gasteiger partial charge >= 0.3 is 11.9 Å². The fraction of sp³-hybridized carbons (Fsp3) is 0. The van der Waals surface area contributed by atoms with Gasteiger partial charge in [0.1, 0.15) is 5.57 Å². The van der Waals surface area contributed by atoms with Crippen molar-refractivity contribution in [1.29, 1.82) is 0 Å². The van der Waals surface area contributed by atoms with Crippen LogP contribution in [0.1, 0.15) is 5.56 Å². The van der Waals surface area contributed by atoms with Crippen molar-refractivity contribution in [3.8, 4) is 0 Å². The molecular weight excluding hydrogens is 232 g/mol. The van der Waals surface area contributed by atoms with Crippen LogP contribution in [-0.2, 0) is 9.59 Å². The maximum absolute atomic E-state index is 10.8. The van der Waals surface area contributed by atoms with Gasteiger partial charge in [0, 0.05) is 0 Å². The molecule has 0 radical (unpaired) electrons. The molecule has 90 valence electrons. The number of carboxylic acid groups (broad SMARTS) is 2. The van der Waals surface area contributed by atoms with Gasteiger partial charge in [-0.25, -0.2) is 9.59 Å². The Morgan fingerprint density at radius 2 is 1.50 bits per heavy atom. The number of benzene rings is 2. The third-order valence-corrected chi connectivity index (χ3v) is 2.58. The maximum atomic E-state index is 10.8. The van der Waals surface area contributed by atoms with Gasteiger partial charge in [0.25, 0.3) is 0 Å². The largest absolute Gasteiger partial charge is 0.477 e. The second-order valence-electron chi connectivity index (χ2n) is 3.74. The van der Waals surface area contributed by atoms with Gasteiger partial charge in [0.05, 0.1) is 0 Å². The minimum atomic E-state index is -1.45. The zero-order chi connectivity index (χ0) is 13.1. The molecule has 0 bridgehead atoms. The number of carboxylic acids is 2. The van der Waals surface area contributed by atoms with E-state index in [0.29, 0.717) is 5.56 Å². The Balaban J connectivity index is 2.64. The van der Waals surface area contributed by atoms with E-state index in [2.05, 4.69) is 0 Å². The minimum Gasteiger partial charge on any atom is -0.477 e. The van der Waals surface area contributed by atoms with E-state index in [1.165, 1.54) is 6.08 Å². The highest BCUT2D eigenvalue weighted by atomic mass is 16.4. The molecule has 0 saturated heterocycles. The molecule has 0 saturated carbocycles. The number of aliphatic carboxylic acids is 2. The molecule has 0 aliphatic carbocycles. The Morgan fingerprint density at radius 3 is 2.17 bits per heavy atom. The molecule has 0 aliphatic heterocycles. The lowest BCUT2D eigenvalue weighted by atomic mass is 10.0. The fourth-order valence-electron chi connectivity index (χ4n) is 1.75. The Bertz CT molecular complexity index is 634. The number of rotatable bonds is 3. The molecule has 4 nitrogen and oxygen atoms in total. The zero-order valence-electron chi connectivity index (χ0n) is 9.33. The molecule has 0 aliphatic rings. The van der Waals surface area contributed by atoms with Crippen LogP contribution in [0.2, 0.25) is 0 Å². The first-order valence-corrected chi connectivity index (χ1v) is 5.25. The summed E-state index contributed by atoms with van der Waals surface area (Å²) in [6.07, 6.45) is 1.17. The van der Waals surface area contributed by atoms with Gasteiger partial charge in [0.15, 0.2) is 0 Å². The molecule has 2 N–H and O–H groups in total. The Kier molecular flexibility index (Phi) is 3.10. The van der Waals surface area contributed by atoms with Crippen LogP contribution in [0.5, 0.6) is 0 Å². The highest BCUT2D eigenvalue weighted by molar-refractivity contribution is 6.17. The zero-order valence-corrected chi connectivity index (χ0v) is 9.33. The van der Waals surface area contributed by atoms with Crippen LogP contribution in [0.25, 0.3) is 16.8 Å². The van der Waals surface area contributed by atoms with Crippen molar-refractivity contribution in [2.45, 2.75) is 0 Å². The molecule has 0 spiro atoms. The van der Waals surface area contributed by atoms with E-state index >= 15 is 0 Å². The predicted molar refractivity (Wildman–Crippen MR) is 67.2 cm³/mol. The first-order chi connectivity index (χ1) is 8.59. The van der Waals surface area contributed by atoms with Crippen molar-refractivity contribution >= 4 is 28.8 Å². The number of hydrogen-bond acceptors (Lipinski definition) is 2. The van der Waals surface area contributed by atoms with E-state index < -0.39 is 17.5 Å². The Labute approximate surface area is 103 Å². The SMILES string of the molecule is O=C(O)C(=Cc1cccc2ccccc12)C(=O)O. The average molecular weight is 242 g/mol. The molecule has 0 heterocycles. The third kappa shape index (κ3) is 2.22. The summed E-state index contributed by atoms with van der Waals surface area (Å²) in [6, 6.07) is 12.7. The summed E-state index contributed by atoms with van der Waals surface area (Å²) >= 11 is 0. The summed E-state index contributed by atoms with van der Waals surface area (Å²) in [4.78, 5) is 21.7. The predicted octanol–water partition coefficient (Wildman–Crippen LogP) is 2.39. The van der Waals surface area contributed by atoms with Crippen molar-refractivity contribution < 1.29 is 19.8 Å². The second-order valence-corrected chi connectivity index (χ2v) is 3.74. The van der Waals surface area contributed by atoms with E-state index in [1.807, 2.05) is 30.3 Å². The van der Waals surface area contributed by atoms with Crippen molar-refractivity contribution in [3.05, 3.63) is 53.6 Å². The van der Waals surface area contributed by atoms with Gasteiger partial charge in [-0.05, 0) is 22.4 Å². The van der Waals surface area contributed by atoms with Gasteiger partial charge in [-0.15, -0.1) is 0 Å². The fourth-order valence-corrected chi connectivity index (χ4v) is 1.75. The molecule has 2 rings (SSSR count). The topological polar surface area (TPSA) is 74.6 Å². The van der Waals surface area contributed by atoms with Crippen LogP contribution in [0.4, 0.5) is 0 Å². The molecule has 0 amide bonds. The lowest BCUT2D eigenvalue weighted by molar-refractivity contribution is -0.139. The molecule has 4 heteroatoms. The van der Waals surface area contributed by atoms with Crippen LogP contribution in [-0.4, -0.2) is 22.2 Å². The first-order valence-electron chi connectivity index (χ1n) is 5.25. The maximum Gasteiger partial charge on any atom is 0.343 e. The van der Waals surface area contributed by atoms with Crippen LogP contribution >= 0.6 is 0 Å². The van der Waals surface area contributed by atoms with E-state index in [4.69, 9.17) is 10.2 Å². The quantitative estimate of drug-likeness (QED) is 0.492. The number of carbonyl (C=O) groups is 2.